The highest BCUT2D eigenvalue weighted by Gasteiger charge is 2.31. The number of morpholine rings is 1. The zero-order valence-corrected chi connectivity index (χ0v) is 29.0. The molecule has 0 spiro atoms. The molecule has 0 saturated carbocycles. The van der Waals surface area contributed by atoms with Crippen LogP contribution in [0.25, 0.3) is 0 Å². The highest BCUT2D eigenvalue weighted by atomic mass is 35.5. The molecule has 2 aromatic rings. The van der Waals surface area contributed by atoms with E-state index in [0.717, 1.165) is 30.2 Å². The Bertz CT molecular complexity index is 1400. The van der Waals surface area contributed by atoms with Gasteiger partial charge in [0.05, 0.1) is 43.3 Å². The molecular weight excluding hydrogens is 625 g/mol. The number of hydrogen-bond acceptors (Lipinski definition) is 10. The molecule has 0 atom stereocenters. The third-order valence-corrected chi connectivity index (χ3v) is 7.01. The highest BCUT2D eigenvalue weighted by molar-refractivity contribution is 6.28. The van der Waals surface area contributed by atoms with Crippen molar-refractivity contribution in [2.75, 3.05) is 44.3 Å². The zero-order valence-electron chi connectivity index (χ0n) is 27.5. The van der Waals surface area contributed by atoms with Crippen LogP contribution in [0.15, 0.2) is 4.79 Å². The molecule has 0 aromatic carbocycles. The number of carbonyl (C=O) groups is 2. The summed E-state index contributed by atoms with van der Waals surface area (Å²) in [6, 6.07) is 0. The van der Waals surface area contributed by atoms with Gasteiger partial charge >= 0.3 is 12.2 Å². The minimum Gasteiger partial charge on any atom is -0.444 e. The maximum absolute atomic E-state index is 12.4. The molecule has 0 bridgehead atoms. The van der Waals surface area contributed by atoms with Crippen molar-refractivity contribution in [2.45, 2.75) is 92.5 Å². The summed E-state index contributed by atoms with van der Waals surface area (Å²) in [6.07, 6.45) is 0.412. The average Bonchev–Trinajstić information content (AvgIpc) is 2.96. The van der Waals surface area contributed by atoms with Crippen molar-refractivity contribution >= 4 is 41.2 Å². The third-order valence-electron chi connectivity index (χ3n) is 6.66. The van der Waals surface area contributed by atoms with Crippen LogP contribution in [-0.4, -0.2) is 92.5 Å². The number of anilines is 1. The van der Waals surface area contributed by atoms with Crippen molar-refractivity contribution in [1.82, 2.24) is 29.7 Å². The molecule has 2 amide bonds. The number of H-pyrrole nitrogens is 1. The number of ether oxygens (including phenoxy) is 3. The van der Waals surface area contributed by atoms with Crippen molar-refractivity contribution in [2.24, 2.45) is 0 Å². The second-order valence-corrected chi connectivity index (χ2v) is 13.1. The number of hydrogen-bond donors (Lipinski definition) is 1. The molecule has 1 N–H and O–H groups in total. The van der Waals surface area contributed by atoms with Crippen LogP contribution in [0.2, 0.25) is 10.6 Å². The van der Waals surface area contributed by atoms with E-state index in [1.54, 1.807) is 25.7 Å². The van der Waals surface area contributed by atoms with Gasteiger partial charge in [0.2, 0.25) is 10.6 Å². The van der Waals surface area contributed by atoms with Gasteiger partial charge < -0.3 is 28.9 Å². The number of carbonyl (C=O) groups excluding carboxylic acids is 2. The fourth-order valence-corrected chi connectivity index (χ4v) is 5.13. The molecule has 0 aliphatic carbocycles. The number of aromatic amines is 1. The topological polar surface area (TPSA) is 143 Å². The smallest absolute Gasteiger partial charge is 0.410 e. The van der Waals surface area contributed by atoms with E-state index < -0.39 is 17.3 Å². The van der Waals surface area contributed by atoms with Crippen LogP contribution in [0.3, 0.4) is 0 Å². The molecule has 5 rings (SSSR count). The van der Waals surface area contributed by atoms with E-state index in [9.17, 15) is 14.4 Å². The second-order valence-electron chi connectivity index (χ2n) is 12.4. The number of amides is 2. The summed E-state index contributed by atoms with van der Waals surface area (Å²) >= 11 is 11.8. The van der Waals surface area contributed by atoms with Crippen molar-refractivity contribution in [3.8, 4) is 0 Å². The van der Waals surface area contributed by atoms with E-state index in [-0.39, 0.29) is 28.8 Å². The van der Waals surface area contributed by atoms with E-state index in [1.165, 1.54) is 4.90 Å². The largest absolute Gasteiger partial charge is 0.444 e. The standard InChI is InChI=1S/C16H23ClN4O3.C12H16ClN3O3.C2H6/c1-16(2,3)24-15(22)21-5-4-12-11(10-21)13(19-14(17)18-12)20-6-8-23-9-7-20;1-12(2,3)19-11(18)16-5-4-8-7(6-16)9(17)15-10(13)14-8;1-2/h4-10H2,1-3H3;4-6H2,1-3H3,(H,14,15,17);1-2H3. The van der Waals surface area contributed by atoms with Gasteiger partial charge in [0.25, 0.3) is 5.56 Å². The first-order valence-corrected chi connectivity index (χ1v) is 16.0. The molecule has 0 unspecified atom stereocenters. The molecule has 3 aliphatic rings. The maximum atomic E-state index is 12.4. The van der Waals surface area contributed by atoms with Crippen LogP contribution >= 0.6 is 23.2 Å². The van der Waals surface area contributed by atoms with Crippen molar-refractivity contribution in [3.63, 3.8) is 0 Å². The quantitative estimate of drug-likeness (QED) is 0.412. The Hall–Kier alpha value is -3.16. The Morgan fingerprint density at radius 2 is 1.27 bits per heavy atom. The summed E-state index contributed by atoms with van der Waals surface area (Å²) in [5.41, 5.74) is 1.62. The Morgan fingerprint density at radius 3 is 1.78 bits per heavy atom. The van der Waals surface area contributed by atoms with Gasteiger partial charge in [-0.3, -0.25) is 9.78 Å². The normalized spacial score (nSPS) is 16.3. The average molecular weight is 671 g/mol. The van der Waals surface area contributed by atoms with Gasteiger partial charge in [0, 0.05) is 44.6 Å². The number of fused-ring (bicyclic) bond motifs is 2. The fraction of sp³-hybridized carbons (Fsp3) is 0.667. The highest BCUT2D eigenvalue weighted by Crippen LogP contribution is 2.29. The maximum Gasteiger partial charge on any atom is 0.410 e. The molecule has 2 aromatic heterocycles. The van der Waals surface area contributed by atoms with Gasteiger partial charge in [-0.25, -0.2) is 24.5 Å². The van der Waals surface area contributed by atoms with Gasteiger partial charge in [-0.2, -0.15) is 0 Å². The summed E-state index contributed by atoms with van der Waals surface area (Å²) < 4.78 is 16.2. The lowest BCUT2D eigenvalue weighted by Crippen LogP contribution is -2.42. The number of aromatic nitrogens is 4. The SMILES string of the molecule is CC.CC(C)(C)OC(=O)N1CCc2nc(Cl)[nH]c(=O)c2C1.CC(C)(C)OC(=O)N1CCc2nc(Cl)nc(N3CCOCC3)c2C1. The molecular formula is C30H45Cl2N7O6. The summed E-state index contributed by atoms with van der Waals surface area (Å²) in [5, 5.41) is 0.329. The molecule has 1 fully saturated rings. The predicted octanol–water partition coefficient (Wildman–Crippen LogP) is 5.00. The van der Waals surface area contributed by atoms with E-state index in [1.807, 2.05) is 34.6 Å². The first-order valence-electron chi connectivity index (χ1n) is 15.2. The van der Waals surface area contributed by atoms with Crippen LogP contribution in [0.4, 0.5) is 15.4 Å². The summed E-state index contributed by atoms with van der Waals surface area (Å²) in [4.78, 5) is 56.7. The predicted molar refractivity (Wildman–Crippen MR) is 172 cm³/mol. The first kappa shape index (κ1) is 36.3. The molecule has 0 radical (unpaired) electrons. The third kappa shape index (κ3) is 10.4. The number of halogens is 2. The van der Waals surface area contributed by atoms with Gasteiger partial charge in [-0.15, -0.1) is 0 Å². The molecule has 3 aliphatic heterocycles. The molecule has 250 valence electrons. The van der Waals surface area contributed by atoms with Gasteiger partial charge in [0.1, 0.15) is 17.0 Å². The second kappa shape index (κ2) is 15.4. The van der Waals surface area contributed by atoms with Crippen molar-refractivity contribution < 1.29 is 23.8 Å². The molecule has 45 heavy (non-hydrogen) atoms. The Morgan fingerprint density at radius 1 is 0.778 bits per heavy atom. The fourth-order valence-electron chi connectivity index (χ4n) is 4.76. The lowest BCUT2D eigenvalue weighted by Gasteiger charge is -2.34. The van der Waals surface area contributed by atoms with Gasteiger partial charge in [0.15, 0.2) is 0 Å². The van der Waals surface area contributed by atoms with Crippen LogP contribution in [-0.2, 0) is 40.1 Å². The minimum atomic E-state index is -0.554. The van der Waals surface area contributed by atoms with E-state index >= 15 is 0 Å². The van der Waals surface area contributed by atoms with Crippen LogP contribution in [0.5, 0.6) is 0 Å². The van der Waals surface area contributed by atoms with Gasteiger partial charge in [-0.05, 0) is 64.7 Å². The van der Waals surface area contributed by atoms with Crippen LogP contribution in [0, 0.1) is 0 Å². The van der Waals surface area contributed by atoms with Crippen molar-refractivity contribution in [1.29, 1.82) is 0 Å². The molecule has 15 heteroatoms. The first-order chi connectivity index (χ1) is 21.1. The van der Waals surface area contributed by atoms with E-state index in [0.29, 0.717) is 56.9 Å². The summed E-state index contributed by atoms with van der Waals surface area (Å²) in [6.45, 7) is 19.5. The van der Waals surface area contributed by atoms with Gasteiger partial charge in [-0.1, -0.05) is 13.8 Å². The van der Waals surface area contributed by atoms with Crippen LogP contribution < -0.4 is 10.5 Å². The number of nitrogens with one attached hydrogen (secondary N) is 1. The van der Waals surface area contributed by atoms with E-state index in [2.05, 4.69) is 24.8 Å². The van der Waals surface area contributed by atoms with Crippen LogP contribution in [0.1, 0.15) is 77.9 Å². The number of rotatable bonds is 1. The Balaban J connectivity index is 0.000000239. The lowest BCUT2D eigenvalue weighted by atomic mass is 10.1. The lowest BCUT2D eigenvalue weighted by molar-refractivity contribution is 0.0212. The van der Waals surface area contributed by atoms with Crippen molar-refractivity contribution in [3.05, 3.63) is 43.4 Å². The summed E-state index contributed by atoms with van der Waals surface area (Å²) in [7, 11) is 0. The molecule has 13 nitrogen and oxygen atoms in total. The van der Waals surface area contributed by atoms with E-state index in [4.69, 9.17) is 37.4 Å². The minimum absolute atomic E-state index is 0.0782. The Kier molecular flexibility index (Phi) is 12.4. The summed E-state index contributed by atoms with van der Waals surface area (Å²) in [5.74, 6) is 0.807. The molecule has 1 saturated heterocycles. The Labute approximate surface area is 274 Å². The molecule has 5 heterocycles. The zero-order chi connectivity index (χ0) is 33.5. The monoisotopic (exact) mass is 669 g/mol. The number of nitrogens with zero attached hydrogens (tertiary/aromatic N) is 6.